The van der Waals surface area contributed by atoms with Crippen molar-refractivity contribution in [3.05, 3.63) is 76.8 Å². The molecule has 0 aliphatic rings. The summed E-state index contributed by atoms with van der Waals surface area (Å²) < 4.78 is 6.16. The zero-order chi connectivity index (χ0) is 19.6. The van der Waals surface area contributed by atoms with Gasteiger partial charge in [-0.3, -0.25) is 0 Å². The van der Waals surface area contributed by atoms with E-state index in [1.54, 1.807) is 0 Å². The molecule has 0 aliphatic heterocycles. The van der Waals surface area contributed by atoms with Crippen molar-refractivity contribution < 1.29 is 9.84 Å². The van der Waals surface area contributed by atoms with Crippen LogP contribution in [0.1, 0.15) is 17.5 Å². The van der Waals surface area contributed by atoms with Gasteiger partial charge in [0.1, 0.15) is 12.4 Å². The number of aliphatic hydroxyl groups excluding tert-OH is 1. The maximum absolute atomic E-state index is 8.80. The molecule has 0 radical (unpaired) electrons. The van der Waals surface area contributed by atoms with E-state index in [1.807, 2.05) is 30.3 Å². The van der Waals surface area contributed by atoms with E-state index in [2.05, 4.69) is 41.0 Å². The first-order valence-electron chi connectivity index (χ1n) is 9.68. The average Bonchev–Trinajstić information content (AvgIpc) is 2.72. The maximum Gasteiger partial charge on any atom is 0.124 e. The fourth-order valence-electron chi connectivity index (χ4n) is 3.18. The third-order valence-corrected chi connectivity index (χ3v) is 4.81. The van der Waals surface area contributed by atoms with Crippen molar-refractivity contribution in [1.82, 2.24) is 10.6 Å². The van der Waals surface area contributed by atoms with E-state index in [4.69, 9.17) is 21.4 Å². The molecule has 148 valence electrons. The highest BCUT2D eigenvalue weighted by Gasteiger charge is 2.09. The Labute approximate surface area is 171 Å². The lowest BCUT2D eigenvalue weighted by Gasteiger charge is -2.15. The number of nitrogens with one attached hydrogen (secondary N) is 2. The van der Waals surface area contributed by atoms with Gasteiger partial charge in [0.05, 0.1) is 6.61 Å². The molecule has 0 unspecified atom stereocenters. The number of halogens is 1. The summed E-state index contributed by atoms with van der Waals surface area (Å²) in [6, 6.07) is 20.3. The molecule has 4 nitrogen and oxygen atoms in total. The molecule has 0 heterocycles. The van der Waals surface area contributed by atoms with Gasteiger partial charge in [-0.2, -0.15) is 0 Å². The molecule has 0 fully saturated rings. The topological polar surface area (TPSA) is 53.5 Å². The monoisotopic (exact) mass is 398 g/mol. The summed E-state index contributed by atoms with van der Waals surface area (Å²) in [5, 5.41) is 18.6. The van der Waals surface area contributed by atoms with E-state index in [0.717, 1.165) is 42.4 Å². The Bertz CT molecular complexity index is 885. The molecule has 0 saturated carbocycles. The van der Waals surface area contributed by atoms with Gasteiger partial charge in [0.2, 0.25) is 0 Å². The van der Waals surface area contributed by atoms with Gasteiger partial charge in [0, 0.05) is 23.7 Å². The lowest BCUT2D eigenvalue weighted by Crippen LogP contribution is -2.24. The number of rotatable bonds is 11. The molecule has 0 saturated heterocycles. The number of hydrogen-bond acceptors (Lipinski definition) is 4. The first-order chi connectivity index (χ1) is 13.8. The van der Waals surface area contributed by atoms with Gasteiger partial charge in [-0.05, 0) is 54.0 Å². The summed E-state index contributed by atoms with van der Waals surface area (Å²) in [5.41, 5.74) is 2.22. The Morgan fingerprint density at radius 2 is 1.75 bits per heavy atom. The van der Waals surface area contributed by atoms with E-state index in [-0.39, 0.29) is 6.61 Å². The molecular weight excluding hydrogens is 372 g/mol. The lowest BCUT2D eigenvalue weighted by molar-refractivity contribution is 0.292. The van der Waals surface area contributed by atoms with Crippen molar-refractivity contribution in [2.24, 2.45) is 0 Å². The molecule has 3 aromatic carbocycles. The van der Waals surface area contributed by atoms with Crippen molar-refractivity contribution in [3.8, 4) is 5.75 Å². The molecule has 0 atom stereocenters. The predicted molar refractivity (Wildman–Crippen MR) is 116 cm³/mol. The first-order valence-corrected chi connectivity index (χ1v) is 10.1. The van der Waals surface area contributed by atoms with Crippen molar-refractivity contribution in [3.63, 3.8) is 0 Å². The zero-order valence-corrected chi connectivity index (χ0v) is 16.7. The smallest absolute Gasteiger partial charge is 0.124 e. The van der Waals surface area contributed by atoms with Crippen LogP contribution >= 0.6 is 11.6 Å². The van der Waals surface area contributed by atoms with Crippen LogP contribution in [0.15, 0.2) is 60.7 Å². The summed E-state index contributed by atoms with van der Waals surface area (Å²) >= 11 is 6.08. The van der Waals surface area contributed by atoms with Crippen LogP contribution in [0.25, 0.3) is 10.8 Å². The second-order valence-corrected chi connectivity index (χ2v) is 7.12. The molecule has 0 aromatic heterocycles. The second kappa shape index (κ2) is 11.0. The van der Waals surface area contributed by atoms with Crippen molar-refractivity contribution >= 4 is 22.4 Å². The molecule has 0 spiro atoms. The number of fused-ring (bicyclic) bond motifs is 1. The molecule has 3 aromatic rings. The maximum atomic E-state index is 8.80. The van der Waals surface area contributed by atoms with Crippen LogP contribution in [0.4, 0.5) is 0 Å². The third kappa shape index (κ3) is 5.94. The van der Waals surface area contributed by atoms with Gasteiger partial charge >= 0.3 is 0 Å². The Hall–Kier alpha value is -2.11. The van der Waals surface area contributed by atoms with Gasteiger partial charge in [0.15, 0.2) is 0 Å². The minimum atomic E-state index is 0.177. The van der Waals surface area contributed by atoms with E-state index in [9.17, 15) is 0 Å². The Morgan fingerprint density at radius 1 is 0.893 bits per heavy atom. The van der Waals surface area contributed by atoms with E-state index in [0.29, 0.717) is 13.2 Å². The van der Waals surface area contributed by atoms with Crippen LogP contribution in [0, 0.1) is 0 Å². The Kier molecular flexibility index (Phi) is 8.12. The van der Waals surface area contributed by atoms with Crippen LogP contribution in [0.5, 0.6) is 5.75 Å². The molecule has 3 rings (SSSR count). The number of benzene rings is 3. The predicted octanol–water partition coefficient (Wildman–Crippen LogP) is 4.13. The summed E-state index contributed by atoms with van der Waals surface area (Å²) in [6.07, 6.45) is 1.00. The number of aliphatic hydroxyl groups is 1. The quantitative estimate of drug-likeness (QED) is 0.425. The van der Waals surface area contributed by atoms with Crippen molar-refractivity contribution in [2.45, 2.75) is 19.6 Å². The third-order valence-electron chi connectivity index (χ3n) is 4.58. The molecule has 5 heteroatoms. The molecule has 3 N–H and O–H groups in total. The van der Waals surface area contributed by atoms with Crippen molar-refractivity contribution in [1.29, 1.82) is 0 Å². The van der Waals surface area contributed by atoms with E-state index >= 15 is 0 Å². The van der Waals surface area contributed by atoms with Gasteiger partial charge in [0.25, 0.3) is 0 Å². The average molecular weight is 399 g/mol. The van der Waals surface area contributed by atoms with Gasteiger partial charge < -0.3 is 20.5 Å². The van der Waals surface area contributed by atoms with Gasteiger partial charge in [-0.15, -0.1) is 0 Å². The molecular formula is C23H27ClN2O2. The zero-order valence-electron chi connectivity index (χ0n) is 16.0. The summed E-state index contributed by atoms with van der Waals surface area (Å²) in [5.74, 6) is 0.893. The van der Waals surface area contributed by atoms with Crippen LogP contribution in [0.2, 0.25) is 5.02 Å². The first kappa shape index (κ1) is 20.6. The number of ether oxygens (including phenoxy) is 1. The molecule has 0 bridgehead atoms. The van der Waals surface area contributed by atoms with Gasteiger partial charge in [-0.1, -0.05) is 54.1 Å². The highest BCUT2D eigenvalue weighted by atomic mass is 35.5. The van der Waals surface area contributed by atoms with Crippen LogP contribution in [0.3, 0.4) is 0 Å². The summed E-state index contributed by atoms with van der Waals surface area (Å²) in [7, 11) is 0. The van der Waals surface area contributed by atoms with Crippen molar-refractivity contribution in [2.75, 3.05) is 26.2 Å². The lowest BCUT2D eigenvalue weighted by atomic mass is 10.0. The molecule has 28 heavy (non-hydrogen) atoms. The Balaban J connectivity index is 1.67. The highest BCUT2D eigenvalue weighted by molar-refractivity contribution is 6.30. The standard InChI is InChI=1S/C23H27ClN2O2/c24-20-7-3-5-18(15-20)17-28-23-10-9-19-6-1-2-8-21(19)22(23)16-26-12-4-11-25-13-14-27/h1-3,5-10,15,25-27H,4,11-14,16-17H2. The van der Waals surface area contributed by atoms with E-state index in [1.165, 1.54) is 16.3 Å². The molecule has 0 aliphatic carbocycles. The second-order valence-electron chi connectivity index (χ2n) is 6.69. The van der Waals surface area contributed by atoms with Crippen LogP contribution in [-0.2, 0) is 13.2 Å². The van der Waals surface area contributed by atoms with Crippen LogP contribution in [-0.4, -0.2) is 31.3 Å². The minimum Gasteiger partial charge on any atom is -0.489 e. The van der Waals surface area contributed by atoms with E-state index < -0.39 is 0 Å². The summed E-state index contributed by atoms with van der Waals surface area (Å²) in [6.45, 7) is 3.83. The minimum absolute atomic E-state index is 0.177. The largest absolute Gasteiger partial charge is 0.489 e. The highest BCUT2D eigenvalue weighted by Crippen LogP contribution is 2.29. The Morgan fingerprint density at radius 3 is 2.61 bits per heavy atom. The molecule has 0 amide bonds. The SMILES string of the molecule is OCCNCCCNCc1c(OCc2cccc(Cl)c2)ccc2ccccc12. The fourth-order valence-corrected chi connectivity index (χ4v) is 3.39. The van der Waals surface area contributed by atoms with Gasteiger partial charge in [-0.25, -0.2) is 0 Å². The summed E-state index contributed by atoms with van der Waals surface area (Å²) in [4.78, 5) is 0. The number of hydrogen-bond donors (Lipinski definition) is 3. The normalized spacial score (nSPS) is 11.1. The van der Waals surface area contributed by atoms with Crippen LogP contribution < -0.4 is 15.4 Å². The fraction of sp³-hybridized carbons (Fsp3) is 0.304.